The Morgan fingerprint density at radius 2 is 1.71 bits per heavy atom. The first-order valence-electron chi connectivity index (χ1n) is 6.76. The summed E-state index contributed by atoms with van der Waals surface area (Å²) in [6.07, 6.45) is 0. The maximum Gasteiger partial charge on any atom is 0.203 e. The molecule has 3 rings (SSSR count). The van der Waals surface area contributed by atoms with E-state index in [4.69, 9.17) is 23.2 Å². The first-order chi connectivity index (χ1) is 10.2. The zero-order chi connectivity index (χ0) is 14.8. The molecule has 0 saturated heterocycles. The lowest BCUT2D eigenvalue weighted by Crippen LogP contribution is -2.35. The molecule has 2 aromatic carbocycles. The average Bonchev–Trinajstić information content (AvgIpc) is 2.98. The van der Waals surface area contributed by atoms with Gasteiger partial charge in [-0.15, -0.1) is 0 Å². The maximum absolute atomic E-state index is 6.37. The fourth-order valence-electron chi connectivity index (χ4n) is 2.29. The number of benzene rings is 2. The molecule has 1 heterocycles. The Bertz CT molecular complexity index is 660. The molecule has 0 unspecified atom stereocenters. The van der Waals surface area contributed by atoms with E-state index in [1.807, 2.05) is 35.2 Å². The van der Waals surface area contributed by atoms with Crippen molar-refractivity contribution in [1.29, 1.82) is 0 Å². The van der Waals surface area contributed by atoms with Crippen LogP contribution >= 0.6 is 23.2 Å². The molecule has 21 heavy (non-hydrogen) atoms. The molecule has 5 heteroatoms. The van der Waals surface area contributed by atoms with Gasteiger partial charge in [0.25, 0.3) is 0 Å². The first kappa shape index (κ1) is 14.2. The number of halogens is 2. The van der Waals surface area contributed by atoms with Crippen LogP contribution in [0.15, 0.2) is 47.5 Å². The minimum Gasteiger partial charge on any atom is -0.354 e. The van der Waals surface area contributed by atoms with Crippen molar-refractivity contribution in [2.24, 2.45) is 4.99 Å². The van der Waals surface area contributed by atoms with Gasteiger partial charge in [-0.3, -0.25) is 9.89 Å². The summed E-state index contributed by atoms with van der Waals surface area (Å²) in [4.78, 5) is 6.48. The predicted molar refractivity (Wildman–Crippen MR) is 90.1 cm³/mol. The fourth-order valence-corrected chi connectivity index (χ4v) is 2.86. The van der Waals surface area contributed by atoms with Crippen molar-refractivity contribution in [3.8, 4) is 0 Å². The average molecular weight is 320 g/mol. The van der Waals surface area contributed by atoms with Crippen molar-refractivity contribution in [2.75, 3.05) is 18.0 Å². The smallest absolute Gasteiger partial charge is 0.203 e. The summed E-state index contributed by atoms with van der Waals surface area (Å²) in [5.74, 6) is 0.772. The van der Waals surface area contributed by atoms with Gasteiger partial charge in [0.2, 0.25) is 5.96 Å². The van der Waals surface area contributed by atoms with Crippen LogP contribution in [0.1, 0.15) is 5.56 Å². The van der Waals surface area contributed by atoms with Crippen LogP contribution in [0.4, 0.5) is 11.4 Å². The van der Waals surface area contributed by atoms with Crippen molar-refractivity contribution in [2.45, 2.75) is 6.92 Å². The summed E-state index contributed by atoms with van der Waals surface area (Å²) >= 11 is 12.7. The molecule has 0 amide bonds. The number of para-hydroxylation sites is 1. The molecule has 0 atom stereocenters. The van der Waals surface area contributed by atoms with E-state index in [0.717, 1.165) is 30.4 Å². The van der Waals surface area contributed by atoms with Gasteiger partial charge in [0.05, 0.1) is 22.3 Å². The van der Waals surface area contributed by atoms with Crippen LogP contribution in [0.3, 0.4) is 0 Å². The number of hydrogen-bond donors (Lipinski definition) is 1. The maximum atomic E-state index is 6.37. The van der Waals surface area contributed by atoms with Crippen LogP contribution in [0, 0.1) is 6.92 Å². The Hall–Kier alpha value is -1.71. The number of aliphatic imine (C=N–C) groups is 1. The zero-order valence-corrected chi connectivity index (χ0v) is 13.1. The lowest BCUT2D eigenvalue weighted by atomic mass is 10.2. The Labute approximate surface area is 134 Å². The van der Waals surface area contributed by atoms with Crippen molar-refractivity contribution in [3.63, 3.8) is 0 Å². The molecule has 1 aliphatic rings. The number of aryl methyl sites for hydroxylation is 1. The molecule has 0 aliphatic carbocycles. The van der Waals surface area contributed by atoms with E-state index < -0.39 is 0 Å². The normalized spacial score (nSPS) is 13.8. The van der Waals surface area contributed by atoms with Crippen molar-refractivity contribution in [3.05, 3.63) is 58.1 Å². The Morgan fingerprint density at radius 1 is 1.05 bits per heavy atom. The van der Waals surface area contributed by atoms with Crippen LogP contribution in [0.2, 0.25) is 10.0 Å². The molecule has 1 N–H and O–H groups in total. The number of rotatable bonds is 2. The van der Waals surface area contributed by atoms with Crippen LogP contribution in [0.25, 0.3) is 0 Å². The van der Waals surface area contributed by atoms with Gasteiger partial charge in [0, 0.05) is 12.2 Å². The monoisotopic (exact) mass is 319 g/mol. The van der Waals surface area contributed by atoms with Crippen LogP contribution in [-0.4, -0.2) is 19.0 Å². The number of anilines is 2. The predicted octanol–water partition coefficient (Wildman–Crippen LogP) is 4.40. The first-order valence-corrected chi connectivity index (χ1v) is 7.51. The minimum absolute atomic E-state index is 0.597. The summed E-state index contributed by atoms with van der Waals surface area (Å²) < 4.78 is 0. The number of guanidine groups is 1. The summed E-state index contributed by atoms with van der Waals surface area (Å²) in [5.41, 5.74) is 2.92. The van der Waals surface area contributed by atoms with Crippen molar-refractivity contribution in [1.82, 2.24) is 5.32 Å². The lowest BCUT2D eigenvalue weighted by Gasteiger charge is -2.26. The van der Waals surface area contributed by atoms with E-state index in [9.17, 15) is 0 Å². The van der Waals surface area contributed by atoms with Gasteiger partial charge in [-0.05, 0) is 31.2 Å². The molecule has 0 fully saturated rings. The van der Waals surface area contributed by atoms with Crippen molar-refractivity contribution >= 4 is 40.5 Å². The third-order valence-electron chi connectivity index (χ3n) is 3.32. The highest BCUT2D eigenvalue weighted by atomic mass is 35.5. The molecule has 108 valence electrons. The van der Waals surface area contributed by atoms with E-state index in [2.05, 4.69) is 29.4 Å². The molecule has 3 nitrogen and oxygen atoms in total. The molecule has 0 radical (unpaired) electrons. The van der Waals surface area contributed by atoms with Crippen LogP contribution in [0.5, 0.6) is 0 Å². The second-order valence-electron chi connectivity index (χ2n) is 4.87. The van der Waals surface area contributed by atoms with E-state index in [1.54, 1.807) is 0 Å². The summed E-state index contributed by atoms with van der Waals surface area (Å²) in [6, 6.07) is 13.7. The van der Waals surface area contributed by atoms with Gasteiger partial charge in [0.15, 0.2) is 0 Å². The molecular formula is C16H15Cl2N3. The van der Waals surface area contributed by atoms with E-state index in [1.165, 1.54) is 5.56 Å². The van der Waals surface area contributed by atoms with Gasteiger partial charge < -0.3 is 5.32 Å². The number of nitrogens with zero attached hydrogens (tertiary/aromatic N) is 2. The molecular weight excluding hydrogens is 305 g/mol. The Morgan fingerprint density at radius 3 is 2.29 bits per heavy atom. The second-order valence-corrected chi connectivity index (χ2v) is 5.69. The minimum atomic E-state index is 0.597. The standard InChI is InChI=1S/C16H15Cl2N3/c1-11-5-7-12(8-6-11)21(16-19-9-10-20-16)15-13(17)3-2-4-14(15)18/h2-8H,9-10H2,1H3,(H,19,20). The largest absolute Gasteiger partial charge is 0.354 e. The van der Waals surface area contributed by atoms with Crippen LogP contribution in [-0.2, 0) is 0 Å². The summed E-state index contributed by atoms with van der Waals surface area (Å²) in [5, 5.41) is 4.47. The highest BCUT2D eigenvalue weighted by Crippen LogP contribution is 2.38. The van der Waals surface area contributed by atoms with E-state index in [-0.39, 0.29) is 0 Å². The van der Waals surface area contributed by atoms with Crippen LogP contribution < -0.4 is 10.2 Å². The molecule has 2 aromatic rings. The number of nitrogens with one attached hydrogen (secondary N) is 1. The van der Waals surface area contributed by atoms with Gasteiger partial charge in [-0.2, -0.15) is 0 Å². The van der Waals surface area contributed by atoms with Crippen molar-refractivity contribution < 1.29 is 0 Å². The van der Waals surface area contributed by atoms with Gasteiger partial charge in [-0.1, -0.05) is 47.0 Å². The Kier molecular flexibility index (Phi) is 4.04. The molecule has 1 aliphatic heterocycles. The van der Waals surface area contributed by atoms with Gasteiger partial charge in [-0.25, -0.2) is 0 Å². The summed E-state index contributed by atoms with van der Waals surface area (Å²) in [7, 11) is 0. The van der Waals surface area contributed by atoms with Gasteiger partial charge in [0.1, 0.15) is 0 Å². The third-order valence-corrected chi connectivity index (χ3v) is 3.93. The fraction of sp³-hybridized carbons (Fsp3) is 0.188. The molecule has 0 bridgehead atoms. The molecule has 0 saturated carbocycles. The SMILES string of the molecule is Cc1ccc(N(C2=NCCN2)c2c(Cl)cccc2Cl)cc1. The number of hydrogen-bond acceptors (Lipinski definition) is 3. The zero-order valence-electron chi connectivity index (χ0n) is 11.6. The lowest BCUT2D eigenvalue weighted by molar-refractivity contribution is 0.954. The summed E-state index contributed by atoms with van der Waals surface area (Å²) in [6.45, 7) is 3.63. The Balaban J connectivity index is 2.15. The van der Waals surface area contributed by atoms with E-state index >= 15 is 0 Å². The topological polar surface area (TPSA) is 27.6 Å². The van der Waals surface area contributed by atoms with E-state index in [0.29, 0.717) is 10.0 Å². The third kappa shape index (κ3) is 2.85. The highest BCUT2D eigenvalue weighted by molar-refractivity contribution is 6.40. The molecule has 0 aromatic heterocycles. The highest BCUT2D eigenvalue weighted by Gasteiger charge is 2.23. The van der Waals surface area contributed by atoms with Gasteiger partial charge >= 0.3 is 0 Å². The molecule has 0 spiro atoms. The quantitative estimate of drug-likeness (QED) is 0.888. The second kappa shape index (κ2) is 5.96.